The van der Waals surface area contributed by atoms with Crippen molar-refractivity contribution in [2.24, 2.45) is 5.92 Å². The van der Waals surface area contributed by atoms with Crippen LogP contribution >= 0.6 is 0 Å². The minimum absolute atomic E-state index is 0.433. The van der Waals surface area contributed by atoms with E-state index in [2.05, 4.69) is 42.3 Å². The maximum atomic E-state index is 6.02. The van der Waals surface area contributed by atoms with Crippen LogP contribution in [-0.4, -0.2) is 17.6 Å². The van der Waals surface area contributed by atoms with Crippen molar-refractivity contribution in [2.45, 2.75) is 58.8 Å². The molecule has 3 heteroatoms. The Morgan fingerprint density at radius 3 is 2.95 bits per heavy atom. The van der Waals surface area contributed by atoms with Gasteiger partial charge in [-0.2, -0.15) is 0 Å². The van der Waals surface area contributed by atoms with Gasteiger partial charge in [0.1, 0.15) is 0 Å². The summed E-state index contributed by atoms with van der Waals surface area (Å²) < 4.78 is 6.02. The molecule has 0 amide bonds. The van der Waals surface area contributed by atoms with Gasteiger partial charge in [0.05, 0.1) is 24.1 Å². The molecule has 19 heavy (non-hydrogen) atoms. The SMILES string of the molecule is CCNCc1cccc(COC2CCCC(C)C2)n1. The van der Waals surface area contributed by atoms with Crippen LogP contribution in [-0.2, 0) is 17.9 Å². The van der Waals surface area contributed by atoms with Crippen LogP contribution in [0.5, 0.6) is 0 Å². The van der Waals surface area contributed by atoms with Gasteiger partial charge in [0, 0.05) is 6.54 Å². The molecule has 1 saturated carbocycles. The largest absolute Gasteiger partial charge is 0.372 e. The molecule has 0 spiro atoms. The highest BCUT2D eigenvalue weighted by Gasteiger charge is 2.19. The van der Waals surface area contributed by atoms with Crippen molar-refractivity contribution in [1.82, 2.24) is 10.3 Å². The molecular formula is C16H26N2O. The molecule has 1 aliphatic carbocycles. The maximum Gasteiger partial charge on any atom is 0.0891 e. The molecule has 0 bridgehead atoms. The highest BCUT2D eigenvalue weighted by Crippen LogP contribution is 2.26. The van der Waals surface area contributed by atoms with E-state index in [0.29, 0.717) is 12.7 Å². The van der Waals surface area contributed by atoms with Crippen LogP contribution in [0.3, 0.4) is 0 Å². The van der Waals surface area contributed by atoms with Crippen LogP contribution in [0, 0.1) is 5.92 Å². The van der Waals surface area contributed by atoms with Crippen molar-refractivity contribution in [1.29, 1.82) is 0 Å². The summed E-state index contributed by atoms with van der Waals surface area (Å²) in [5.74, 6) is 0.812. The number of nitrogens with zero attached hydrogens (tertiary/aromatic N) is 1. The molecule has 0 aromatic carbocycles. The third kappa shape index (κ3) is 4.92. The molecule has 1 heterocycles. The van der Waals surface area contributed by atoms with Gasteiger partial charge in [-0.15, -0.1) is 0 Å². The van der Waals surface area contributed by atoms with Gasteiger partial charge < -0.3 is 10.1 Å². The molecule has 0 aliphatic heterocycles. The molecule has 1 aliphatic rings. The molecule has 1 fully saturated rings. The lowest BCUT2D eigenvalue weighted by Gasteiger charge is -2.26. The fraction of sp³-hybridized carbons (Fsp3) is 0.688. The van der Waals surface area contributed by atoms with Crippen LogP contribution < -0.4 is 5.32 Å². The second-order valence-corrected chi connectivity index (χ2v) is 5.61. The summed E-state index contributed by atoms with van der Waals surface area (Å²) in [6, 6.07) is 6.19. The fourth-order valence-corrected chi connectivity index (χ4v) is 2.69. The minimum atomic E-state index is 0.433. The Labute approximate surface area is 116 Å². The number of hydrogen-bond donors (Lipinski definition) is 1. The molecule has 3 nitrogen and oxygen atoms in total. The Kier molecular flexibility index (Phi) is 5.80. The molecule has 2 rings (SSSR count). The van der Waals surface area contributed by atoms with Gasteiger partial charge in [0.15, 0.2) is 0 Å². The van der Waals surface area contributed by atoms with E-state index in [4.69, 9.17) is 4.74 Å². The topological polar surface area (TPSA) is 34.1 Å². The molecule has 0 saturated heterocycles. The summed E-state index contributed by atoms with van der Waals surface area (Å²) in [6.45, 7) is 6.90. The molecule has 2 unspecified atom stereocenters. The van der Waals surface area contributed by atoms with Crippen molar-refractivity contribution >= 4 is 0 Å². The third-order valence-electron chi connectivity index (χ3n) is 3.78. The van der Waals surface area contributed by atoms with Crippen molar-refractivity contribution < 1.29 is 4.74 Å². The Morgan fingerprint density at radius 2 is 2.16 bits per heavy atom. The van der Waals surface area contributed by atoms with Gasteiger partial charge in [0.25, 0.3) is 0 Å². The lowest BCUT2D eigenvalue weighted by Crippen LogP contribution is -2.21. The predicted molar refractivity (Wildman–Crippen MR) is 77.8 cm³/mol. The molecule has 1 N–H and O–H groups in total. The molecule has 106 valence electrons. The molecule has 0 radical (unpaired) electrons. The first-order chi connectivity index (χ1) is 9.28. The Hall–Kier alpha value is -0.930. The molecule has 2 atom stereocenters. The molecule has 1 aromatic rings. The highest BCUT2D eigenvalue weighted by atomic mass is 16.5. The van der Waals surface area contributed by atoms with Gasteiger partial charge in [-0.05, 0) is 37.4 Å². The van der Waals surface area contributed by atoms with Crippen LogP contribution in [0.1, 0.15) is 50.9 Å². The fourth-order valence-electron chi connectivity index (χ4n) is 2.69. The van der Waals surface area contributed by atoms with Crippen molar-refractivity contribution in [3.05, 3.63) is 29.6 Å². The first-order valence-electron chi connectivity index (χ1n) is 7.55. The van der Waals surface area contributed by atoms with E-state index in [1.54, 1.807) is 0 Å². The predicted octanol–water partition coefficient (Wildman–Crippen LogP) is 3.29. The number of aromatic nitrogens is 1. The van der Waals surface area contributed by atoms with E-state index < -0.39 is 0 Å². The number of ether oxygens (including phenoxy) is 1. The van der Waals surface area contributed by atoms with E-state index in [-0.39, 0.29) is 0 Å². The Bertz CT molecular complexity index is 381. The average Bonchev–Trinajstić information content (AvgIpc) is 2.43. The van der Waals surface area contributed by atoms with E-state index in [1.807, 2.05) is 0 Å². The van der Waals surface area contributed by atoms with Crippen LogP contribution in [0.15, 0.2) is 18.2 Å². The first-order valence-corrected chi connectivity index (χ1v) is 7.55. The standard InChI is InChI=1S/C16H26N2O/c1-3-17-11-14-7-5-8-15(18-14)12-19-16-9-4-6-13(2)10-16/h5,7-8,13,16-17H,3-4,6,9-12H2,1-2H3. The number of hydrogen-bond acceptors (Lipinski definition) is 3. The second-order valence-electron chi connectivity index (χ2n) is 5.61. The van der Waals surface area contributed by atoms with Gasteiger partial charge in [-0.3, -0.25) is 4.98 Å². The molecule has 1 aromatic heterocycles. The summed E-state index contributed by atoms with van der Waals surface area (Å²) in [4.78, 5) is 4.63. The quantitative estimate of drug-likeness (QED) is 0.854. The molecular weight excluding hydrogens is 236 g/mol. The van der Waals surface area contributed by atoms with Crippen molar-refractivity contribution in [2.75, 3.05) is 6.54 Å². The lowest BCUT2D eigenvalue weighted by molar-refractivity contribution is 0.00315. The first kappa shape index (κ1) is 14.5. The average molecular weight is 262 g/mol. The summed E-state index contributed by atoms with van der Waals surface area (Å²) in [7, 11) is 0. The van der Waals surface area contributed by atoms with E-state index >= 15 is 0 Å². The highest BCUT2D eigenvalue weighted by molar-refractivity contribution is 5.10. The summed E-state index contributed by atoms with van der Waals surface area (Å²) in [6.07, 6.45) is 5.51. The van der Waals surface area contributed by atoms with Gasteiger partial charge in [0.2, 0.25) is 0 Å². The van der Waals surface area contributed by atoms with Crippen LogP contribution in [0.2, 0.25) is 0 Å². The zero-order valence-corrected chi connectivity index (χ0v) is 12.2. The number of rotatable bonds is 6. The van der Waals surface area contributed by atoms with E-state index in [0.717, 1.165) is 30.4 Å². The van der Waals surface area contributed by atoms with Crippen LogP contribution in [0.4, 0.5) is 0 Å². The Morgan fingerprint density at radius 1 is 1.32 bits per heavy atom. The third-order valence-corrected chi connectivity index (χ3v) is 3.78. The van der Waals surface area contributed by atoms with Gasteiger partial charge in [-0.1, -0.05) is 32.8 Å². The second kappa shape index (κ2) is 7.61. The summed E-state index contributed by atoms with van der Waals surface area (Å²) in [5, 5.41) is 3.30. The van der Waals surface area contributed by atoms with Gasteiger partial charge >= 0.3 is 0 Å². The zero-order chi connectivity index (χ0) is 13.5. The lowest BCUT2D eigenvalue weighted by atomic mass is 9.89. The Balaban J connectivity index is 1.81. The monoisotopic (exact) mass is 262 g/mol. The smallest absolute Gasteiger partial charge is 0.0891 e. The number of nitrogens with one attached hydrogen (secondary N) is 1. The van der Waals surface area contributed by atoms with Gasteiger partial charge in [-0.25, -0.2) is 0 Å². The normalized spacial score (nSPS) is 23.5. The van der Waals surface area contributed by atoms with E-state index in [9.17, 15) is 0 Å². The van der Waals surface area contributed by atoms with E-state index in [1.165, 1.54) is 25.7 Å². The summed E-state index contributed by atoms with van der Waals surface area (Å²) >= 11 is 0. The maximum absolute atomic E-state index is 6.02. The van der Waals surface area contributed by atoms with Crippen molar-refractivity contribution in [3.8, 4) is 0 Å². The minimum Gasteiger partial charge on any atom is -0.372 e. The number of pyridine rings is 1. The summed E-state index contributed by atoms with van der Waals surface area (Å²) in [5.41, 5.74) is 2.15. The van der Waals surface area contributed by atoms with Crippen LogP contribution in [0.25, 0.3) is 0 Å². The van der Waals surface area contributed by atoms with Crippen molar-refractivity contribution in [3.63, 3.8) is 0 Å². The zero-order valence-electron chi connectivity index (χ0n) is 12.2.